The Balaban J connectivity index is 1.80. The SMILES string of the molecule is COc1ccc(CN[C@H](C(=O)Nc2cc(Cl)cc(Cl)c2)c2ccccc2)cc1OC. The highest BCUT2D eigenvalue weighted by atomic mass is 35.5. The van der Waals surface area contributed by atoms with Crippen LogP contribution in [0.5, 0.6) is 11.5 Å². The molecule has 1 atom stereocenters. The third-order valence-electron chi connectivity index (χ3n) is 4.48. The minimum atomic E-state index is -0.586. The molecule has 0 radical (unpaired) electrons. The lowest BCUT2D eigenvalue weighted by atomic mass is 10.1. The molecule has 0 fully saturated rings. The lowest BCUT2D eigenvalue weighted by molar-refractivity contribution is -0.118. The smallest absolute Gasteiger partial charge is 0.246 e. The summed E-state index contributed by atoms with van der Waals surface area (Å²) in [6.45, 7) is 0.448. The molecule has 3 aromatic carbocycles. The van der Waals surface area contributed by atoms with Gasteiger partial charge in [-0.3, -0.25) is 10.1 Å². The Morgan fingerprint density at radius 3 is 2.20 bits per heavy atom. The standard InChI is InChI=1S/C23H22Cl2N2O3/c1-29-20-9-8-15(10-21(20)30-2)14-26-22(16-6-4-3-5-7-16)23(28)27-19-12-17(24)11-18(25)13-19/h3-13,22,26H,14H2,1-2H3,(H,27,28)/t22-/m0/s1. The third-order valence-corrected chi connectivity index (χ3v) is 4.92. The number of hydrogen-bond acceptors (Lipinski definition) is 4. The van der Waals surface area contributed by atoms with Crippen LogP contribution in [-0.4, -0.2) is 20.1 Å². The number of benzene rings is 3. The van der Waals surface area contributed by atoms with Gasteiger partial charge in [0.25, 0.3) is 0 Å². The molecule has 2 N–H and O–H groups in total. The van der Waals surface area contributed by atoms with Crippen LogP contribution >= 0.6 is 23.2 Å². The van der Waals surface area contributed by atoms with Crippen molar-refractivity contribution in [2.45, 2.75) is 12.6 Å². The lowest BCUT2D eigenvalue weighted by Crippen LogP contribution is -2.32. The van der Waals surface area contributed by atoms with Gasteiger partial charge >= 0.3 is 0 Å². The summed E-state index contributed by atoms with van der Waals surface area (Å²) >= 11 is 12.1. The van der Waals surface area contributed by atoms with Crippen molar-refractivity contribution in [3.8, 4) is 11.5 Å². The first-order valence-electron chi connectivity index (χ1n) is 9.26. The van der Waals surface area contributed by atoms with Gasteiger partial charge in [0.2, 0.25) is 5.91 Å². The van der Waals surface area contributed by atoms with Crippen LogP contribution in [0.4, 0.5) is 5.69 Å². The fourth-order valence-electron chi connectivity index (χ4n) is 3.06. The zero-order valence-electron chi connectivity index (χ0n) is 16.6. The molecule has 0 aliphatic heterocycles. The maximum Gasteiger partial charge on any atom is 0.246 e. The summed E-state index contributed by atoms with van der Waals surface area (Å²) in [6, 6.07) is 19.5. The zero-order chi connectivity index (χ0) is 21.5. The summed E-state index contributed by atoms with van der Waals surface area (Å²) in [5.74, 6) is 1.06. The highest BCUT2D eigenvalue weighted by molar-refractivity contribution is 6.35. The van der Waals surface area contributed by atoms with E-state index in [2.05, 4.69) is 10.6 Å². The van der Waals surface area contributed by atoms with Gasteiger partial charge in [-0.05, 0) is 41.5 Å². The predicted octanol–water partition coefficient (Wildman–Crippen LogP) is 5.48. The Hall–Kier alpha value is -2.73. The number of amides is 1. The molecule has 0 aliphatic carbocycles. The van der Waals surface area contributed by atoms with E-state index in [4.69, 9.17) is 32.7 Å². The van der Waals surface area contributed by atoms with Gasteiger partial charge in [0.05, 0.1) is 14.2 Å². The molecule has 0 spiro atoms. The number of rotatable bonds is 8. The molecular weight excluding hydrogens is 423 g/mol. The van der Waals surface area contributed by atoms with Crippen molar-refractivity contribution in [3.05, 3.63) is 87.9 Å². The van der Waals surface area contributed by atoms with E-state index >= 15 is 0 Å². The average Bonchev–Trinajstić information content (AvgIpc) is 2.73. The van der Waals surface area contributed by atoms with Gasteiger partial charge < -0.3 is 14.8 Å². The number of ether oxygens (including phenoxy) is 2. The molecule has 0 unspecified atom stereocenters. The summed E-state index contributed by atoms with van der Waals surface area (Å²) in [7, 11) is 3.18. The van der Waals surface area contributed by atoms with Crippen molar-refractivity contribution >= 4 is 34.8 Å². The molecular formula is C23H22Cl2N2O3. The summed E-state index contributed by atoms with van der Waals surface area (Å²) in [6.07, 6.45) is 0. The molecule has 7 heteroatoms. The van der Waals surface area contributed by atoms with Crippen molar-refractivity contribution in [1.29, 1.82) is 0 Å². The number of carbonyl (C=O) groups excluding carboxylic acids is 1. The molecule has 5 nitrogen and oxygen atoms in total. The van der Waals surface area contributed by atoms with Gasteiger partial charge in [0.15, 0.2) is 11.5 Å². The zero-order valence-corrected chi connectivity index (χ0v) is 18.1. The van der Waals surface area contributed by atoms with Gasteiger partial charge in [0, 0.05) is 22.3 Å². The molecule has 0 aliphatic rings. The highest BCUT2D eigenvalue weighted by Gasteiger charge is 2.21. The quantitative estimate of drug-likeness (QED) is 0.482. The largest absolute Gasteiger partial charge is 0.493 e. The van der Waals surface area contributed by atoms with E-state index in [0.717, 1.165) is 11.1 Å². The van der Waals surface area contributed by atoms with Crippen LogP contribution in [0.3, 0.4) is 0 Å². The predicted molar refractivity (Wildman–Crippen MR) is 121 cm³/mol. The Labute approximate surface area is 185 Å². The van der Waals surface area contributed by atoms with Crippen molar-refractivity contribution in [3.63, 3.8) is 0 Å². The summed E-state index contributed by atoms with van der Waals surface area (Å²) in [5.41, 5.74) is 2.32. The Morgan fingerprint density at radius 1 is 0.900 bits per heavy atom. The van der Waals surface area contributed by atoms with E-state index in [-0.39, 0.29) is 5.91 Å². The van der Waals surface area contributed by atoms with Crippen molar-refractivity contribution in [2.75, 3.05) is 19.5 Å². The fraction of sp³-hybridized carbons (Fsp3) is 0.174. The van der Waals surface area contributed by atoms with Crippen molar-refractivity contribution in [2.24, 2.45) is 0 Å². The summed E-state index contributed by atoms with van der Waals surface area (Å²) in [4.78, 5) is 13.1. The summed E-state index contributed by atoms with van der Waals surface area (Å²) < 4.78 is 10.6. The minimum absolute atomic E-state index is 0.222. The van der Waals surface area contributed by atoms with Gasteiger partial charge in [-0.1, -0.05) is 59.6 Å². The number of anilines is 1. The molecule has 1 amide bonds. The second-order valence-electron chi connectivity index (χ2n) is 6.56. The minimum Gasteiger partial charge on any atom is -0.493 e. The second kappa shape index (κ2) is 10.3. The van der Waals surface area contributed by atoms with Gasteiger partial charge in [-0.2, -0.15) is 0 Å². The fourth-order valence-corrected chi connectivity index (χ4v) is 3.58. The Morgan fingerprint density at radius 2 is 1.57 bits per heavy atom. The molecule has 0 heterocycles. The average molecular weight is 445 g/mol. The molecule has 0 bridgehead atoms. The Kier molecular flexibility index (Phi) is 7.57. The van der Waals surface area contributed by atoms with Gasteiger partial charge in [-0.15, -0.1) is 0 Å². The molecule has 3 aromatic rings. The number of halogens is 2. The number of nitrogens with one attached hydrogen (secondary N) is 2. The maximum atomic E-state index is 13.1. The van der Waals surface area contributed by atoms with Crippen LogP contribution < -0.4 is 20.1 Å². The van der Waals surface area contributed by atoms with E-state index in [9.17, 15) is 4.79 Å². The van der Waals surface area contributed by atoms with Crippen LogP contribution in [0.15, 0.2) is 66.7 Å². The Bertz CT molecular complexity index is 992. The first-order valence-corrected chi connectivity index (χ1v) is 10.0. The summed E-state index contributed by atoms with van der Waals surface area (Å²) in [5, 5.41) is 7.10. The molecule has 0 saturated carbocycles. The van der Waals surface area contributed by atoms with E-state index < -0.39 is 6.04 Å². The number of methoxy groups -OCH3 is 2. The van der Waals surface area contributed by atoms with Crippen LogP contribution in [0.1, 0.15) is 17.2 Å². The molecule has 156 valence electrons. The first-order chi connectivity index (χ1) is 14.5. The molecule has 0 saturated heterocycles. The van der Waals surface area contributed by atoms with Crippen LogP contribution in [0, 0.1) is 0 Å². The van der Waals surface area contributed by atoms with E-state index in [0.29, 0.717) is 33.8 Å². The molecule has 3 rings (SSSR count). The van der Waals surface area contributed by atoms with E-state index in [1.54, 1.807) is 32.4 Å². The highest BCUT2D eigenvalue weighted by Crippen LogP contribution is 2.28. The number of hydrogen-bond donors (Lipinski definition) is 2. The second-order valence-corrected chi connectivity index (χ2v) is 7.43. The maximum absolute atomic E-state index is 13.1. The molecule has 0 aromatic heterocycles. The topological polar surface area (TPSA) is 59.6 Å². The van der Waals surface area contributed by atoms with E-state index in [1.165, 1.54) is 0 Å². The van der Waals surface area contributed by atoms with Crippen LogP contribution in [0.25, 0.3) is 0 Å². The van der Waals surface area contributed by atoms with Crippen molar-refractivity contribution in [1.82, 2.24) is 5.32 Å². The van der Waals surface area contributed by atoms with E-state index in [1.807, 2.05) is 48.5 Å². The third kappa shape index (κ3) is 5.66. The van der Waals surface area contributed by atoms with Crippen LogP contribution in [0.2, 0.25) is 10.0 Å². The van der Waals surface area contributed by atoms with Gasteiger partial charge in [-0.25, -0.2) is 0 Å². The molecule has 30 heavy (non-hydrogen) atoms. The van der Waals surface area contributed by atoms with Crippen molar-refractivity contribution < 1.29 is 14.3 Å². The van der Waals surface area contributed by atoms with Gasteiger partial charge in [0.1, 0.15) is 6.04 Å². The number of carbonyl (C=O) groups is 1. The normalized spacial score (nSPS) is 11.6. The first kappa shape index (κ1) is 22.0. The van der Waals surface area contributed by atoms with Crippen LogP contribution in [-0.2, 0) is 11.3 Å². The monoisotopic (exact) mass is 444 g/mol. The lowest BCUT2D eigenvalue weighted by Gasteiger charge is -2.20.